The van der Waals surface area contributed by atoms with Crippen LogP contribution in [0.2, 0.25) is 0 Å². The number of esters is 1. The number of piperidine rings is 1. The molecule has 160 valence electrons. The average molecular weight is 425 g/mol. The highest BCUT2D eigenvalue weighted by Crippen LogP contribution is 2.37. The van der Waals surface area contributed by atoms with E-state index >= 15 is 0 Å². The van der Waals surface area contributed by atoms with Crippen molar-refractivity contribution in [3.05, 3.63) is 65.2 Å². The van der Waals surface area contributed by atoms with Gasteiger partial charge in [0, 0.05) is 25.2 Å². The van der Waals surface area contributed by atoms with E-state index in [4.69, 9.17) is 4.74 Å². The molecule has 1 heterocycles. The van der Waals surface area contributed by atoms with Crippen LogP contribution in [0.3, 0.4) is 0 Å². The molecule has 5 nitrogen and oxygen atoms in total. The lowest BCUT2D eigenvalue weighted by Gasteiger charge is -2.40. The third kappa shape index (κ3) is 4.10. The Morgan fingerprint density at radius 2 is 1.60 bits per heavy atom. The standard InChI is InChI=1S/C21H19F4NO4/c1-29-19(28)21(13-5-3-2-4-6-13)7-9-26(10-8-21)18(27)17-15(22)11-14(12-16(17)23)30-20(24)25/h2-6,11-12,20H,7-10H2,1H3. The van der Waals surface area contributed by atoms with Gasteiger partial charge in [-0.1, -0.05) is 30.3 Å². The van der Waals surface area contributed by atoms with E-state index in [1.165, 1.54) is 12.0 Å². The Morgan fingerprint density at radius 3 is 2.10 bits per heavy atom. The number of hydrogen-bond donors (Lipinski definition) is 0. The van der Waals surface area contributed by atoms with Crippen molar-refractivity contribution in [3.63, 3.8) is 0 Å². The maximum Gasteiger partial charge on any atom is 0.387 e. The molecule has 3 rings (SSSR count). The summed E-state index contributed by atoms with van der Waals surface area (Å²) in [6.45, 7) is -3.15. The number of amides is 1. The zero-order valence-electron chi connectivity index (χ0n) is 16.0. The minimum absolute atomic E-state index is 0.0526. The molecule has 2 aromatic carbocycles. The number of nitrogens with zero attached hydrogens (tertiary/aromatic N) is 1. The van der Waals surface area contributed by atoms with Crippen LogP contribution in [0.15, 0.2) is 42.5 Å². The van der Waals surface area contributed by atoms with Crippen LogP contribution in [-0.2, 0) is 14.9 Å². The molecule has 0 saturated carbocycles. The summed E-state index contributed by atoms with van der Waals surface area (Å²) in [4.78, 5) is 26.5. The largest absolute Gasteiger partial charge is 0.468 e. The summed E-state index contributed by atoms with van der Waals surface area (Å²) in [7, 11) is 1.28. The number of carbonyl (C=O) groups excluding carboxylic acids is 2. The summed E-state index contributed by atoms with van der Waals surface area (Å²) in [5.41, 5.74) is -1.10. The summed E-state index contributed by atoms with van der Waals surface area (Å²) in [6.07, 6.45) is 0.399. The Kier molecular flexibility index (Phi) is 6.28. The van der Waals surface area contributed by atoms with Crippen molar-refractivity contribution in [1.29, 1.82) is 0 Å². The summed E-state index contributed by atoms with van der Waals surface area (Å²) in [6, 6.07) is 10.0. The lowest BCUT2D eigenvalue weighted by molar-refractivity contribution is -0.149. The van der Waals surface area contributed by atoms with Gasteiger partial charge in [-0.2, -0.15) is 8.78 Å². The molecule has 1 aliphatic rings. The van der Waals surface area contributed by atoms with E-state index in [1.807, 2.05) is 0 Å². The summed E-state index contributed by atoms with van der Waals surface area (Å²) >= 11 is 0. The van der Waals surface area contributed by atoms with Gasteiger partial charge in [-0.3, -0.25) is 9.59 Å². The third-order valence-electron chi connectivity index (χ3n) is 5.26. The van der Waals surface area contributed by atoms with Crippen LogP contribution >= 0.6 is 0 Å². The van der Waals surface area contributed by atoms with Crippen molar-refractivity contribution in [2.45, 2.75) is 24.9 Å². The van der Waals surface area contributed by atoms with Crippen LogP contribution in [0.25, 0.3) is 0 Å². The lowest BCUT2D eigenvalue weighted by Crippen LogP contribution is -2.49. The monoisotopic (exact) mass is 425 g/mol. The fourth-order valence-electron chi connectivity index (χ4n) is 3.74. The number of hydrogen-bond acceptors (Lipinski definition) is 4. The number of benzene rings is 2. The Bertz CT molecular complexity index is 905. The molecule has 0 radical (unpaired) electrons. The number of carbonyl (C=O) groups is 2. The molecule has 0 aliphatic carbocycles. The summed E-state index contributed by atoms with van der Waals surface area (Å²) < 4.78 is 62.0. The van der Waals surface area contributed by atoms with Gasteiger partial charge in [0.15, 0.2) is 0 Å². The Balaban J connectivity index is 1.82. The van der Waals surface area contributed by atoms with Gasteiger partial charge >= 0.3 is 12.6 Å². The molecule has 1 saturated heterocycles. The maximum absolute atomic E-state index is 14.3. The molecule has 0 N–H and O–H groups in total. The van der Waals surface area contributed by atoms with E-state index in [1.54, 1.807) is 30.3 Å². The third-order valence-corrected chi connectivity index (χ3v) is 5.26. The predicted molar refractivity (Wildman–Crippen MR) is 98.3 cm³/mol. The van der Waals surface area contributed by atoms with Gasteiger partial charge in [0.25, 0.3) is 5.91 Å². The topological polar surface area (TPSA) is 55.8 Å². The van der Waals surface area contributed by atoms with Gasteiger partial charge in [0.1, 0.15) is 22.9 Å². The Hall–Kier alpha value is -3.10. The second-order valence-electron chi connectivity index (χ2n) is 6.87. The molecule has 0 spiro atoms. The van der Waals surface area contributed by atoms with Gasteiger partial charge in [0.2, 0.25) is 0 Å². The summed E-state index contributed by atoms with van der Waals surface area (Å²) in [5, 5.41) is 0. The van der Waals surface area contributed by atoms with E-state index < -0.39 is 46.9 Å². The second-order valence-corrected chi connectivity index (χ2v) is 6.87. The number of ether oxygens (including phenoxy) is 2. The Labute approximate surface area is 170 Å². The van der Waals surface area contributed by atoms with Gasteiger partial charge < -0.3 is 14.4 Å². The smallest absolute Gasteiger partial charge is 0.387 e. The van der Waals surface area contributed by atoms with Crippen molar-refractivity contribution in [2.75, 3.05) is 20.2 Å². The SMILES string of the molecule is COC(=O)C1(c2ccccc2)CCN(C(=O)c2c(F)cc(OC(F)F)cc2F)CC1. The molecule has 0 unspecified atom stereocenters. The molecule has 0 bridgehead atoms. The van der Waals surface area contributed by atoms with Crippen molar-refractivity contribution >= 4 is 11.9 Å². The molecule has 1 aliphatic heterocycles. The number of rotatable bonds is 5. The first-order valence-electron chi connectivity index (χ1n) is 9.15. The second kappa shape index (κ2) is 8.73. The molecule has 30 heavy (non-hydrogen) atoms. The zero-order chi connectivity index (χ0) is 21.9. The number of methoxy groups -OCH3 is 1. The van der Waals surface area contributed by atoms with Crippen LogP contribution in [0, 0.1) is 11.6 Å². The molecule has 1 fully saturated rings. The highest BCUT2D eigenvalue weighted by molar-refractivity contribution is 5.95. The first-order valence-corrected chi connectivity index (χ1v) is 9.15. The normalized spacial score (nSPS) is 15.7. The van der Waals surface area contributed by atoms with Crippen LogP contribution in [-0.4, -0.2) is 43.6 Å². The first-order chi connectivity index (χ1) is 14.3. The van der Waals surface area contributed by atoms with Gasteiger partial charge in [0.05, 0.1) is 12.5 Å². The van der Waals surface area contributed by atoms with E-state index in [2.05, 4.69) is 4.74 Å². The minimum atomic E-state index is -3.25. The molecule has 1 amide bonds. The minimum Gasteiger partial charge on any atom is -0.468 e. The van der Waals surface area contributed by atoms with Crippen LogP contribution in [0.4, 0.5) is 17.6 Å². The fraction of sp³-hybridized carbons (Fsp3) is 0.333. The quantitative estimate of drug-likeness (QED) is 0.539. The van der Waals surface area contributed by atoms with Crippen LogP contribution in [0.5, 0.6) is 5.75 Å². The highest BCUT2D eigenvalue weighted by Gasteiger charge is 2.45. The average Bonchev–Trinajstić information content (AvgIpc) is 2.72. The number of likely N-dealkylation sites (tertiary alicyclic amines) is 1. The predicted octanol–water partition coefficient (Wildman–Crippen LogP) is 3.91. The number of alkyl halides is 2. The summed E-state index contributed by atoms with van der Waals surface area (Å²) in [5.74, 6) is -4.71. The van der Waals surface area contributed by atoms with Crippen molar-refractivity contribution < 1.29 is 36.6 Å². The van der Waals surface area contributed by atoms with Crippen molar-refractivity contribution in [2.24, 2.45) is 0 Å². The van der Waals surface area contributed by atoms with Crippen molar-refractivity contribution in [1.82, 2.24) is 4.90 Å². The van der Waals surface area contributed by atoms with E-state index in [0.717, 1.165) is 5.56 Å². The van der Waals surface area contributed by atoms with E-state index in [0.29, 0.717) is 12.1 Å². The lowest BCUT2D eigenvalue weighted by atomic mass is 9.72. The van der Waals surface area contributed by atoms with Crippen LogP contribution in [0.1, 0.15) is 28.8 Å². The van der Waals surface area contributed by atoms with Gasteiger partial charge in [-0.05, 0) is 18.4 Å². The van der Waals surface area contributed by atoms with E-state index in [-0.39, 0.29) is 25.9 Å². The van der Waals surface area contributed by atoms with Crippen LogP contribution < -0.4 is 4.74 Å². The fourth-order valence-corrected chi connectivity index (χ4v) is 3.74. The van der Waals surface area contributed by atoms with Gasteiger partial charge in [-0.15, -0.1) is 0 Å². The van der Waals surface area contributed by atoms with Gasteiger partial charge in [-0.25, -0.2) is 8.78 Å². The van der Waals surface area contributed by atoms with E-state index in [9.17, 15) is 27.2 Å². The highest BCUT2D eigenvalue weighted by atomic mass is 19.3. The zero-order valence-corrected chi connectivity index (χ0v) is 16.0. The molecule has 0 atom stereocenters. The molecule has 9 heteroatoms. The first kappa shape index (κ1) is 21.6. The maximum atomic E-state index is 14.3. The molecular weight excluding hydrogens is 406 g/mol. The molecule has 0 aromatic heterocycles. The number of halogens is 4. The molecular formula is C21H19F4NO4. The molecule has 2 aromatic rings. The van der Waals surface area contributed by atoms with Crippen molar-refractivity contribution in [3.8, 4) is 5.75 Å². The Morgan fingerprint density at radius 1 is 1.03 bits per heavy atom.